The van der Waals surface area contributed by atoms with E-state index < -0.39 is 18.6 Å². The molecule has 0 fully saturated rings. The lowest BCUT2D eigenvalue weighted by molar-refractivity contribution is -0.137. The van der Waals surface area contributed by atoms with Crippen molar-refractivity contribution in [2.45, 2.75) is 13.1 Å². The fraction of sp³-hybridized carbons (Fsp3) is 0.400. The van der Waals surface area contributed by atoms with Crippen molar-refractivity contribution in [2.75, 3.05) is 18.4 Å². The van der Waals surface area contributed by atoms with Gasteiger partial charge in [0.25, 0.3) is 0 Å². The van der Waals surface area contributed by atoms with E-state index in [0.29, 0.717) is 5.82 Å². The van der Waals surface area contributed by atoms with Crippen LogP contribution < -0.4 is 10.6 Å². The average molecular weight is 326 g/mol. The number of carbonyl (C=O) groups is 1. The molecule has 2 N–H and O–H groups in total. The molecule has 0 aliphatic carbocycles. The Morgan fingerprint density at radius 3 is 2.72 bits per heavy atom. The van der Waals surface area contributed by atoms with Crippen molar-refractivity contribution in [2.24, 2.45) is 0 Å². The maximum atomic E-state index is 11.8. The van der Waals surface area contributed by atoms with Crippen LogP contribution in [0.5, 0.6) is 0 Å². The summed E-state index contributed by atoms with van der Waals surface area (Å²) >= 11 is 3.23. The van der Waals surface area contributed by atoms with Gasteiger partial charge in [0.1, 0.15) is 12.4 Å². The highest BCUT2D eigenvalue weighted by molar-refractivity contribution is 9.10. The van der Waals surface area contributed by atoms with Crippen molar-refractivity contribution >= 4 is 27.7 Å². The van der Waals surface area contributed by atoms with E-state index in [2.05, 4.69) is 26.2 Å². The summed E-state index contributed by atoms with van der Waals surface area (Å²) in [5.74, 6) is -0.281. The number of aryl methyl sites for hydroxylation is 1. The molecule has 0 atom stereocenters. The first kappa shape index (κ1) is 14.7. The zero-order valence-electron chi connectivity index (χ0n) is 9.44. The molecule has 0 radical (unpaired) electrons. The Bertz CT molecular complexity index is 437. The molecule has 1 aromatic rings. The Morgan fingerprint density at radius 1 is 1.50 bits per heavy atom. The quantitative estimate of drug-likeness (QED) is 0.892. The lowest BCUT2D eigenvalue weighted by Gasteiger charge is -2.10. The summed E-state index contributed by atoms with van der Waals surface area (Å²) in [6.45, 7) is 0.180. The molecule has 0 spiro atoms. The summed E-state index contributed by atoms with van der Waals surface area (Å²) in [7, 11) is 0. The Morgan fingerprint density at radius 2 is 2.17 bits per heavy atom. The molecule has 1 amide bonds. The number of aromatic nitrogens is 1. The minimum Gasteiger partial charge on any atom is -0.361 e. The number of nitrogens with zero attached hydrogens (tertiary/aromatic N) is 1. The van der Waals surface area contributed by atoms with Crippen LogP contribution in [0.4, 0.5) is 19.0 Å². The van der Waals surface area contributed by atoms with E-state index in [0.717, 1.165) is 10.0 Å². The van der Waals surface area contributed by atoms with Gasteiger partial charge in [-0.1, -0.05) is 0 Å². The summed E-state index contributed by atoms with van der Waals surface area (Å²) < 4.78 is 36.3. The van der Waals surface area contributed by atoms with E-state index in [9.17, 15) is 18.0 Å². The van der Waals surface area contributed by atoms with Gasteiger partial charge in [-0.2, -0.15) is 13.2 Å². The molecule has 0 unspecified atom stereocenters. The normalized spacial score (nSPS) is 11.2. The van der Waals surface area contributed by atoms with Gasteiger partial charge >= 0.3 is 6.18 Å². The molecule has 1 aromatic heterocycles. The Labute approximate surface area is 110 Å². The number of hydrogen-bond acceptors (Lipinski definition) is 3. The molecular weight excluding hydrogens is 315 g/mol. The number of alkyl halides is 3. The number of rotatable bonds is 4. The molecule has 0 aliphatic heterocycles. The first-order chi connectivity index (χ1) is 8.28. The van der Waals surface area contributed by atoms with Crippen LogP contribution in [0.1, 0.15) is 5.56 Å². The zero-order valence-corrected chi connectivity index (χ0v) is 11.0. The van der Waals surface area contributed by atoms with Crippen molar-refractivity contribution in [3.8, 4) is 0 Å². The van der Waals surface area contributed by atoms with E-state index >= 15 is 0 Å². The van der Waals surface area contributed by atoms with Crippen molar-refractivity contribution in [1.29, 1.82) is 0 Å². The van der Waals surface area contributed by atoms with Crippen LogP contribution >= 0.6 is 15.9 Å². The standard InChI is InChI=1S/C10H11BrF3N3O/c1-6-2-7(11)3-15-9(6)16-4-8(18)17-5-10(12,13)14/h2-3H,4-5H2,1H3,(H,15,16)(H,17,18). The maximum Gasteiger partial charge on any atom is 0.405 e. The molecule has 100 valence electrons. The van der Waals surface area contributed by atoms with Crippen LogP contribution in [0.15, 0.2) is 16.7 Å². The molecule has 18 heavy (non-hydrogen) atoms. The van der Waals surface area contributed by atoms with Gasteiger partial charge < -0.3 is 10.6 Å². The molecule has 0 aromatic carbocycles. The Hall–Kier alpha value is -1.31. The largest absolute Gasteiger partial charge is 0.405 e. The summed E-state index contributed by atoms with van der Waals surface area (Å²) in [4.78, 5) is 15.1. The molecule has 1 heterocycles. The lowest BCUT2D eigenvalue weighted by atomic mass is 10.3. The van der Waals surface area contributed by atoms with Gasteiger partial charge in [-0.05, 0) is 34.5 Å². The van der Waals surface area contributed by atoms with Crippen LogP contribution in [0.2, 0.25) is 0 Å². The van der Waals surface area contributed by atoms with E-state index in [1.165, 1.54) is 6.20 Å². The van der Waals surface area contributed by atoms with Crippen LogP contribution in [0, 0.1) is 6.92 Å². The van der Waals surface area contributed by atoms with Crippen molar-refractivity contribution in [1.82, 2.24) is 10.3 Å². The molecule has 0 saturated carbocycles. The van der Waals surface area contributed by atoms with Gasteiger partial charge in [-0.25, -0.2) is 4.98 Å². The second-order valence-corrected chi connectivity index (χ2v) is 4.48. The van der Waals surface area contributed by atoms with Crippen LogP contribution in [0.25, 0.3) is 0 Å². The molecule has 4 nitrogen and oxygen atoms in total. The number of halogens is 4. The van der Waals surface area contributed by atoms with Crippen LogP contribution in [-0.4, -0.2) is 30.2 Å². The first-order valence-corrected chi connectivity index (χ1v) is 5.77. The van der Waals surface area contributed by atoms with E-state index in [1.54, 1.807) is 18.3 Å². The predicted molar refractivity (Wildman–Crippen MR) is 64.2 cm³/mol. The summed E-state index contributed by atoms with van der Waals surface area (Å²) in [6, 6.07) is 1.78. The van der Waals surface area contributed by atoms with Gasteiger partial charge in [0.05, 0.1) is 6.54 Å². The fourth-order valence-electron chi connectivity index (χ4n) is 1.15. The second-order valence-electron chi connectivity index (χ2n) is 3.56. The smallest absolute Gasteiger partial charge is 0.361 e. The third-order valence-electron chi connectivity index (χ3n) is 1.95. The summed E-state index contributed by atoms with van der Waals surface area (Å²) in [5.41, 5.74) is 0.785. The highest BCUT2D eigenvalue weighted by Gasteiger charge is 2.27. The molecular formula is C10H11BrF3N3O. The predicted octanol–water partition coefficient (Wildman–Crippen LogP) is 2.24. The molecule has 1 rings (SSSR count). The third-order valence-corrected chi connectivity index (χ3v) is 2.38. The molecule has 0 aliphatic rings. The van der Waals surface area contributed by atoms with Crippen LogP contribution in [-0.2, 0) is 4.79 Å². The van der Waals surface area contributed by atoms with Crippen molar-refractivity contribution in [3.05, 3.63) is 22.3 Å². The number of anilines is 1. The highest BCUT2D eigenvalue weighted by Crippen LogP contribution is 2.16. The maximum absolute atomic E-state index is 11.8. The number of carbonyl (C=O) groups excluding carboxylic acids is 1. The lowest BCUT2D eigenvalue weighted by Crippen LogP contribution is -2.37. The number of amides is 1. The van der Waals surface area contributed by atoms with Crippen LogP contribution in [0.3, 0.4) is 0 Å². The van der Waals surface area contributed by atoms with Gasteiger partial charge in [0.15, 0.2) is 0 Å². The van der Waals surface area contributed by atoms with E-state index in [1.807, 2.05) is 0 Å². The minimum atomic E-state index is -4.40. The number of hydrogen-bond donors (Lipinski definition) is 2. The van der Waals surface area contributed by atoms with Crippen molar-refractivity contribution < 1.29 is 18.0 Å². The van der Waals surface area contributed by atoms with Crippen molar-refractivity contribution in [3.63, 3.8) is 0 Å². The summed E-state index contributed by atoms with van der Waals surface area (Å²) in [5, 5.41) is 4.43. The fourth-order valence-corrected chi connectivity index (χ4v) is 1.60. The third kappa shape index (κ3) is 5.35. The van der Waals surface area contributed by atoms with Gasteiger partial charge in [0, 0.05) is 10.7 Å². The number of pyridine rings is 1. The first-order valence-electron chi connectivity index (χ1n) is 4.97. The SMILES string of the molecule is Cc1cc(Br)cnc1NCC(=O)NCC(F)(F)F. The van der Waals surface area contributed by atoms with Gasteiger partial charge in [0.2, 0.25) is 5.91 Å². The number of nitrogens with one attached hydrogen (secondary N) is 2. The Kier molecular flexibility index (Phi) is 4.94. The zero-order chi connectivity index (χ0) is 13.8. The van der Waals surface area contributed by atoms with Gasteiger partial charge in [-0.3, -0.25) is 4.79 Å². The molecule has 0 bridgehead atoms. The van der Waals surface area contributed by atoms with Gasteiger partial charge in [-0.15, -0.1) is 0 Å². The average Bonchev–Trinajstić information content (AvgIpc) is 2.24. The molecule has 0 saturated heterocycles. The summed E-state index contributed by atoms with van der Waals surface area (Å²) in [6.07, 6.45) is -2.87. The monoisotopic (exact) mass is 325 g/mol. The van der Waals surface area contributed by atoms with E-state index in [-0.39, 0.29) is 6.54 Å². The van der Waals surface area contributed by atoms with E-state index in [4.69, 9.17) is 0 Å². The Balaban J connectivity index is 2.43. The second kappa shape index (κ2) is 6.03. The topological polar surface area (TPSA) is 54.0 Å². The molecule has 8 heteroatoms. The highest BCUT2D eigenvalue weighted by atomic mass is 79.9. The minimum absolute atomic E-state index is 0.258.